The summed E-state index contributed by atoms with van der Waals surface area (Å²) in [6, 6.07) is 6.18. The molecule has 0 saturated carbocycles. The maximum absolute atomic E-state index is 13.7. The van der Waals surface area contributed by atoms with Gasteiger partial charge >= 0.3 is 0 Å². The van der Waals surface area contributed by atoms with Crippen LogP contribution in [0.2, 0.25) is 0 Å². The van der Waals surface area contributed by atoms with Crippen molar-refractivity contribution in [3.05, 3.63) is 41.2 Å². The summed E-state index contributed by atoms with van der Waals surface area (Å²) in [5, 5.41) is 2.91. The molecule has 0 bridgehead atoms. The first-order chi connectivity index (χ1) is 9.81. The maximum Gasteiger partial charge on any atom is 0.263 e. The summed E-state index contributed by atoms with van der Waals surface area (Å²) in [5.41, 5.74) is 4.36. The highest BCUT2D eigenvalue weighted by molar-refractivity contribution is 7.16. The van der Waals surface area contributed by atoms with E-state index in [2.05, 4.69) is 10.3 Å². The van der Waals surface area contributed by atoms with E-state index >= 15 is 0 Å². The first-order valence-corrected chi connectivity index (χ1v) is 6.96. The minimum atomic E-state index is -1.17. The average Bonchev–Trinajstić information content (AvgIpc) is 2.88. The van der Waals surface area contributed by atoms with Gasteiger partial charge in [-0.3, -0.25) is 9.59 Å². The molecule has 1 aromatic heterocycles. The molecule has 0 unspecified atom stereocenters. The third kappa shape index (κ3) is 3.25. The molecule has 0 aliphatic heterocycles. The molecule has 21 heavy (non-hydrogen) atoms. The zero-order valence-corrected chi connectivity index (χ0v) is 12.3. The average molecular weight is 307 g/mol. The highest BCUT2D eigenvalue weighted by Gasteiger charge is 2.28. The predicted octanol–water partition coefficient (Wildman–Crippen LogP) is 1.94. The Bertz CT molecular complexity index is 697. The Kier molecular flexibility index (Phi) is 4.04. The van der Waals surface area contributed by atoms with Crippen LogP contribution in [-0.4, -0.2) is 22.3 Å². The van der Waals surface area contributed by atoms with Gasteiger partial charge in [0.2, 0.25) is 5.91 Å². The van der Waals surface area contributed by atoms with Crippen LogP contribution >= 0.6 is 11.3 Å². The summed E-state index contributed by atoms with van der Waals surface area (Å²) in [4.78, 5) is 27.6. The number of amides is 2. The molecule has 0 saturated heterocycles. The lowest BCUT2D eigenvalue weighted by molar-refractivity contribution is -0.122. The molecule has 2 aromatic rings. The largest absolute Gasteiger partial charge is 0.368 e. The number of hydrogen-bond acceptors (Lipinski definition) is 4. The Balaban J connectivity index is 2.23. The van der Waals surface area contributed by atoms with Crippen LogP contribution in [0.5, 0.6) is 0 Å². The van der Waals surface area contributed by atoms with Gasteiger partial charge in [0, 0.05) is 5.56 Å². The Morgan fingerprint density at radius 2 is 2.00 bits per heavy atom. The number of benzene rings is 1. The Labute approximate surface area is 125 Å². The Hall–Kier alpha value is -2.28. The second kappa shape index (κ2) is 5.61. The van der Waals surface area contributed by atoms with Crippen LogP contribution < -0.4 is 11.1 Å². The van der Waals surface area contributed by atoms with Gasteiger partial charge in [-0.15, -0.1) is 11.3 Å². The molecule has 0 aliphatic rings. The van der Waals surface area contributed by atoms with E-state index in [1.165, 1.54) is 26.1 Å². The second-order valence-electron chi connectivity index (χ2n) is 4.95. The third-order valence-electron chi connectivity index (χ3n) is 2.88. The lowest BCUT2D eigenvalue weighted by atomic mass is 10.1. The summed E-state index contributed by atoms with van der Waals surface area (Å²) in [7, 11) is 0. The van der Waals surface area contributed by atoms with Crippen molar-refractivity contribution in [2.24, 2.45) is 5.73 Å². The number of primary amides is 1. The smallest absolute Gasteiger partial charge is 0.263 e. The van der Waals surface area contributed by atoms with Crippen molar-refractivity contribution < 1.29 is 14.0 Å². The molecule has 7 heteroatoms. The highest BCUT2D eigenvalue weighted by atomic mass is 32.1. The van der Waals surface area contributed by atoms with Crippen molar-refractivity contribution in [1.29, 1.82) is 0 Å². The van der Waals surface area contributed by atoms with Crippen molar-refractivity contribution in [3.63, 3.8) is 0 Å². The van der Waals surface area contributed by atoms with E-state index in [1.807, 2.05) is 0 Å². The van der Waals surface area contributed by atoms with Gasteiger partial charge in [-0.25, -0.2) is 9.37 Å². The van der Waals surface area contributed by atoms with Gasteiger partial charge in [-0.05, 0) is 26.0 Å². The van der Waals surface area contributed by atoms with Crippen LogP contribution in [-0.2, 0) is 4.79 Å². The number of rotatable bonds is 4. The Morgan fingerprint density at radius 3 is 2.62 bits per heavy atom. The van der Waals surface area contributed by atoms with E-state index < -0.39 is 23.2 Å². The van der Waals surface area contributed by atoms with Crippen LogP contribution in [0.1, 0.15) is 23.5 Å². The molecule has 0 aliphatic carbocycles. The van der Waals surface area contributed by atoms with E-state index in [-0.39, 0.29) is 4.88 Å². The SMILES string of the molecule is CC(C)(NC(=O)c1cnc(-c2ccccc2F)s1)C(N)=O. The van der Waals surface area contributed by atoms with Gasteiger partial charge in [0.15, 0.2) is 0 Å². The molecule has 1 aromatic carbocycles. The van der Waals surface area contributed by atoms with Gasteiger partial charge in [0.1, 0.15) is 21.2 Å². The summed E-state index contributed by atoms with van der Waals surface area (Å²) in [5.74, 6) is -1.52. The van der Waals surface area contributed by atoms with Gasteiger partial charge in [-0.2, -0.15) is 0 Å². The fourth-order valence-corrected chi connectivity index (χ4v) is 2.38. The van der Waals surface area contributed by atoms with Crippen LogP contribution in [0.25, 0.3) is 10.6 Å². The number of carbonyl (C=O) groups is 2. The quantitative estimate of drug-likeness (QED) is 0.905. The van der Waals surface area contributed by atoms with Gasteiger partial charge in [0.25, 0.3) is 5.91 Å². The van der Waals surface area contributed by atoms with Crippen molar-refractivity contribution in [2.45, 2.75) is 19.4 Å². The zero-order valence-electron chi connectivity index (χ0n) is 11.5. The van der Waals surface area contributed by atoms with Crippen molar-refractivity contribution in [3.8, 4) is 10.6 Å². The number of halogens is 1. The standard InChI is InChI=1S/C14H14FN3O2S/c1-14(2,13(16)20)18-11(19)10-7-17-12(21-10)8-5-3-4-6-9(8)15/h3-7H,1-2H3,(H2,16,20)(H,18,19). The van der Waals surface area contributed by atoms with Crippen molar-refractivity contribution in [1.82, 2.24) is 10.3 Å². The first-order valence-electron chi connectivity index (χ1n) is 6.14. The topological polar surface area (TPSA) is 85.1 Å². The molecule has 0 spiro atoms. The fraction of sp³-hybridized carbons (Fsp3) is 0.214. The number of nitrogens with one attached hydrogen (secondary N) is 1. The molecule has 2 rings (SSSR count). The molecule has 2 amide bonds. The number of aromatic nitrogens is 1. The number of nitrogens with zero attached hydrogens (tertiary/aromatic N) is 1. The summed E-state index contributed by atoms with van der Waals surface area (Å²) < 4.78 is 13.7. The molecule has 5 nitrogen and oxygen atoms in total. The van der Waals surface area contributed by atoms with Crippen LogP contribution in [0.4, 0.5) is 4.39 Å². The second-order valence-corrected chi connectivity index (χ2v) is 5.98. The number of thiazole rings is 1. The zero-order chi connectivity index (χ0) is 15.6. The van der Waals surface area contributed by atoms with Crippen LogP contribution in [0.15, 0.2) is 30.5 Å². The van der Waals surface area contributed by atoms with Crippen LogP contribution in [0.3, 0.4) is 0 Å². The minimum absolute atomic E-state index is 0.280. The minimum Gasteiger partial charge on any atom is -0.368 e. The van der Waals surface area contributed by atoms with Crippen molar-refractivity contribution >= 4 is 23.2 Å². The van der Waals surface area contributed by atoms with Gasteiger partial charge in [-0.1, -0.05) is 12.1 Å². The molecule has 0 radical (unpaired) electrons. The fourth-order valence-electron chi connectivity index (χ4n) is 1.55. The number of carbonyl (C=O) groups excluding carboxylic acids is 2. The lowest BCUT2D eigenvalue weighted by Gasteiger charge is -2.21. The summed E-state index contributed by atoms with van der Waals surface area (Å²) in [6.07, 6.45) is 1.35. The van der Waals surface area contributed by atoms with Gasteiger partial charge in [0.05, 0.1) is 6.20 Å². The molecule has 0 atom stereocenters. The monoisotopic (exact) mass is 307 g/mol. The highest BCUT2D eigenvalue weighted by Crippen LogP contribution is 2.27. The first kappa shape index (κ1) is 15.1. The van der Waals surface area contributed by atoms with Gasteiger partial charge < -0.3 is 11.1 Å². The molecular formula is C14H14FN3O2S. The van der Waals surface area contributed by atoms with E-state index in [0.29, 0.717) is 10.6 Å². The van der Waals surface area contributed by atoms with E-state index in [1.54, 1.807) is 18.2 Å². The van der Waals surface area contributed by atoms with E-state index in [4.69, 9.17) is 5.73 Å². The lowest BCUT2D eigenvalue weighted by Crippen LogP contribution is -2.52. The summed E-state index contributed by atoms with van der Waals surface area (Å²) in [6.45, 7) is 3.01. The van der Waals surface area contributed by atoms with E-state index in [0.717, 1.165) is 11.3 Å². The molecular weight excluding hydrogens is 293 g/mol. The van der Waals surface area contributed by atoms with Crippen molar-refractivity contribution in [2.75, 3.05) is 0 Å². The molecule has 110 valence electrons. The Morgan fingerprint density at radius 1 is 1.33 bits per heavy atom. The molecule has 1 heterocycles. The molecule has 3 N–H and O–H groups in total. The normalized spacial score (nSPS) is 11.2. The van der Waals surface area contributed by atoms with E-state index in [9.17, 15) is 14.0 Å². The summed E-state index contributed by atoms with van der Waals surface area (Å²) >= 11 is 1.05. The predicted molar refractivity (Wildman–Crippen MR) is 78.2 cm³/mol. The maximum atomic E-state index is 13.7. The van der Waals surface area contributed by atoms with Crippen LogP contribution in [0, 0.1) is 5.82 Å². The molecule has 0 fully saturated rings. The number of hydrogen-bond donors (Lipinski definition) is 2. The third-order valence-corrected chi connectivity index (χ3v) is 3.91. The number of nitrogens with two attached hydrogens (primary N) is 1.